The van der Waals surface area contributed by atoms with Crippen molar-refractivity contribution in [3.63, 3.8) is 0 Å². The van der Waals surface area contributed by atoms with E-state index in [4.69, 9.17) is 0 Å². The second-order valence-electron chi connectivity index (χ2n) is 6.88. The first-order chi connectivity index (χ1) is 11.0. The molecule has 1 saturated carbocycles. The van der Waals surface area contributed by atoms with E-state index in [9.17, 15) is 5.11 Å². The van der Waals surface area contributed by atoms with Crippen LogP contribution >= 0.6 is 11.3 Å². The van der Waals surface area contributed by atoms with Crippen LogP contribution in [0.1, 0.15) is 56.1 Å². The quantitative estimate of drug-likeness (QED) is 0.853. The highest BCUT2D eigenvalue weighted by Crippen LogP contribution is 2.29. The first-order valence-corrected chi connectivity index (χ1v) is 9.32. The van der Waals surface area contributed by atoms with Crippen LogP contribution < -0.4 is 5.32 Å². The lowest BCUT2D eigenvalue weighted by atomic mass is 9.90. The van der Waals surface area contributed by atoms with Crippen molar-refractivity contribution in [3.05, 3.63) is 34.3 Å². The van der Waals surface area contributed by atoms with Crippen LogP contribution in [0.2, 0.25) is 0 Å². The molecule has 1 fully saturated rings. The highest BCUT2D eigenvalue weighted by Gasteiger charge is 2.29. The Morgan fingerprint density at radius 1 is 1.39 bits per heavy atom. The predicted octanol–water partition coefficient (Wildman–Crippen LogP) is 2.88. The molecule has 0 unspecified atom stereocenters. The van der Waals surface area contributed by atoms with Crippen LogP contribution in [0.5, 0.6) is 0 Å². The maximum absolute atomic E-state index is 10.1. The molecule has 2 aromatic heterocycles. The molecule has 1 aliphatic carbocycles. The van der Waals surface area contributed by atoms with Crippen LogP contribution in [0.3, 0.4) is 0 Å². The van der Waals surface area contributed by atoms with Gasteiger partial charge in [0.25, 0.3) is 0 Å². The van der Waals surface area contributed by atoms with E-state index < -0.39 is 5.60 Å². The molecule has 2 heterocycles. The van der Waals surface area contributed by atoms with E-state index in [1.54, 1.807) is 13.8 Å². The standard InChI is InChI=1S/C17H26N4OS/c1-17(2,22)16-12-21(20-19-16)15-8-4-3-7-14(15)18-10-9-13-6-5-11-23-13/h5-6,11-12,14-15,18,22H,3-4,7-10H2,1-2H3/t14-,15+/m0/s1. The van der Waals surface area contributed by atoms with Gasteiger partial charge < -0.3 is 10.4 Å². The van der Waals surface area contributed by atoms with E-state index in [0.29, 0.717) is 17.8 Å². The molecule has 0 aliphatic heterocycles. The average Bonchev–Trinajstić information content (AvgIpc) is 3.18. The van der Waals surface area contributed by atoms with Gasteiger partial charge in [-0.05, 0) is 44.6 Å². The third kappa shape index (κ3) is 4.19. The summed E-state index contributed by atoms with van der Waals surface area (Å²) in [5.41, 5.74) is -0.296. The number of aromatic nitrogens is 3. The van der Waals surface area contributed by atoms with Gasteiger partial charge in [0.15, 0.2) is 0 Å². The van der Waals surface area contributed by atoms with Gasteiger partial charge in [-0.25, -0.2) is 4.68 Å². The van der Waals surface area contributed by atoms with E-state index in [1.807, 2.05) is 22.2 Å². The lowest BCUT2D eigenvalue weighted by Gasteiger charge is -2.32. The van der Waals surface area contributed by atoms with Gasteiger partial charge in [0, 0.05) is 17.5 Å². The third-order valence-corrected chi connectivity index (χ3v) is 5.50. The lowest BCUT2D eigenvalue weighted by Crippen LogP contribution is -2.41. The first-order valence-electron chi connectivity index (χ1n) is 8.44. The number of nitrogens with one attached hydrogen (secondary N) is 1. The molecule has 0 bridgehead atoms. The van der Waals surface area contributed by atoms with Gasteiger partial charge in [-0.2, -0.15) is 0 Å². The van der Waals surface area contributed by atoms with Crippen LogP contribution in [0.15, 0.2) is 23.7 Å². The Morgan fingerprint density at radius 2 is 2.22 bits per heavy atom. The Morgan fingerprint density at radius 3 is 2.91 bits per heavy atom. The summed E-state index contributed by atoms with van der Waals surface area (Å²) in [6.07, 6.45) is 7.76. The van der Waals surface area contributed by atoms with Crippen molar-refractivity contribution in [2.45, 2.75) is 63.6 Å². The minimum absolute atomic E-state index is 0.329. The van der Waals surface area contributed by atoms with Crippen molar-refractivity contribution < 1.29 is 5.11 Å². The van der Waals surface area contributed by atoms with Crippen molar-refractivity contribution in [3.8, 4) is 0 Å². The summed E-state index contributed by atoms with van der Waals surface area (Å²) in [7, 11) is 0. The Kier molecular flexibility index (Phi) is 5.14. The molecule has 2 atom stereocenters. The Bertz CT molecular complexity index is 602. The Balaban J connectivity index is 1.62. The van der Waals surface area contributed by atoms with Gasteiger partial charge in [0.1, 0.15) is 11.3 Å². The van der Waals surface area contributed by atoms with Gasteiger partial charge in [0.2, 0.25) is 0 Å². The molecule has 126 valence electrons. The van der Waals surface area contributed by atoms with Gasteiger partial charge in [-0.3, -0.25) is 0 Å². The van der Waals surface area contributed by atoms with Gasteiger partial charge in [0.05, 0.1) is 12.2 Å². The maximum Gasteiger partial charge on any atom is 0.114 e. The lowest BCUT2D eigenvalue weighted by molar-refractivity contribution is 0.0736. The zero-order chi connectivity index (χ0) is 16.3. The van der Waals surface area contributed by atoms with E-state index >= 15 is 0 Å². The second-order valence-corrected chi connectivity index (χ2v) is 7.92. The molecule has 5 nitrogen and oxygen atoms in total. The van der Waals surface area contributed by atoms with Crippen LogP contribution in [0, 0.1) is 0 Å². The summed E-state index contributed by atoms with van der Waals surface area (Å²) >= 11 is 1.82. The monoisotopic (exact) mass is 334 g/mol. The minimum Gasteiger partial charge on any atom is -0.384 e. The number of hydrogen-bond acceptors (Lipinski definition) is 5. The fraction of sp³-hybridized carbons (Fsp3) is 0.647. The average molecular weight is 334 g/mol. The normalized spacial score (nSPS) is 22.4. The molecule has 0 aromatic carbocycles. The summed E-state index contributed by atoms with van der Waals surface area (Å²) in [5, 5.41) is 24.4. The molecule has 3 rings (SSSR count). The molecule has 2 N–H and O–H groups in total. The molecule has 2 aromatic rings. The van der Waals surface area contributed by atoms with Crippen LogP contribution in [-0.2, 0) is 12.0 Å². The fourth-order valence-corrected chi connectivity index (χ4v) is 3.93. The Hall–Kier alpha value is -1.24. The second kappa shape index (κ2) is 7.11. The Labute approximate surface area is 141 Å². The van der Waals surface area contributed by atoms with Crippen LogP contribution in [0.25, 0.3) is 0 Å². The van der Waals surface area contributed by atoms with Gasteiger partial charge >= 0.3 is 0 Å². The largest absolute Gasteiger partial charge is 0.384 e. The summed E-state index contributed by atoms with van der Waals surface area (Å²) < 4.78 is 1.95. The molecular weight excluding hydrogens is 308 g/mol. The van der Waals surface area contributed by atoms with E-state index in [-0.39, 0.29) is 0 Å². The van der Waals surface area contributed by atoms with E-state index in [0.717, 1.165) is 19.4 Å². The summed E-state index contributed by atoms with van der Waals surface area (Å²) in [5.74, 6) is 0. The van der Waals surface area contributed by atoms with Crippen molar-refractivity contribution >= 4 is 11.3 Å². The predicted molar refractivity (Wildman–Crippen MR) is 92.6 cm³/mol. The highest BCUT2D eigenvalue weighted by molar-refractivity contribution is 7.09. The highest BCUT2D eigenvalue weighted by atomic mass is 32.1. The molecule has 0 radical (unpaired) electrons. The first kappa shape index (κ1) is 16.6. The number of hydrogen-bond donors (Lipinski definition) is 2. The van der Waals surface area contributed by atoms with Crippen molar-refractivity contribution in [2.75, 3.05) is 6.54 Å². The molecular formula is C17H26N4OS. The van der Waals surface area contributed by atoms with Crippen LogP contribution in [0.4, 0.5) is 0 Å². The van der Waals surface area contributed by atoms with Crippen molar-refractivity contribution in [1.29, 1.82) is 0 Å². The molecule has 0 saturated heterocycles. The van der Waals surface area contributed by atoms with E-state index in [1.165, 1.54) is 24.1 Å². The zero-order valence-electron chi connectivity index (χ0n) is 13.9. The van der Waals surface area contributed by atoms with Gasteiger partial charge in [-0.1, -0.05) is 24.1 Å². The van der Waals surface area contributed by atoms with Crippen molar-refractivity contribution in [1.82, 2.24) is 20.3 Å². The molecule has 0 spiro atoms. The number of rotatable bonds is 6. The number of thiophene rings is 1. The van der Waals surface area contributed by atoms with Crippen LogP contribution in [-0.4, -0.2) is 32.7 Å². The molecule has 6 heteroatoms. The molecule has 23 heavy (non-hydrogen) atoms. The minimum atomic E-state index is -0.936. The summed E-state index contributed by atoms with van der Waals surface area (Å²) in [6, 6.07) is 5.06. The smallest absolute Gasteiger partial charge is 0.114 e. The fourth-order valence-electron chi connectivity index (χ4n) is 3.22. The topological polar surface area (TPSA) is 63.0 Å². The van der Waals surface area contributed by atoms with E-state index in [2.05, 4.69) is 33.1 Å². The summed E-state index contributed by atoms with van der Waals surface area (Å²) in [4.78, 5) is 1.43. The SMILES string of the molecule is CC(C)(O)c1cn([C@@H]2CCCC[C@@H]2NCCc2cccs2)nn1. The van der Waals surface area contributed by atoms with Crippen molar-refractivity contribution in [2.24, 2.45) is 0 Å². The number of nitrogens with zero attached hydrogens (tertiary/aromatic N) is 3. The van der Waals surface area contributed by atoms with Gasteiger partial charge in [-0.15, -0.1) is 16.4 Å². The molecule has 1 aliphatic rings. The summed E-state index contributed by atoms with van der Waals surface area (Å²) in [6.45, 7) is 4.49. The number of aliphatic hydroxyl groups is 1. The molecule has 0 amide bonds. The maximum atomic E-state index is 10.1. The third-order valence-electron chi connectivity index (χ3n) is 4.56. The zero-order valence-corrected chi connectivity index (χ0v) is 14.7.